The zero-order chi connectivity index (χ0) is 14.3. The standard InChI is InChI=1S/C14H21FN2O2/c1-4-16-9-11-7-6-8-12(15)13(11)19-10(3)14(18)17-5-2/h6-8,10,16H,4-5,9H2,1-3H3,(H,17,18). The lowest BCUT2D eigenvalue weighted by Gasteiger charge is -2.17. The molecule has 0 aromatic heterocycles. The van der Waals surface area contributed by atoms with Crippen LogP contribution in [0.5, 0.6) is 5.75 Å². The molecular weight excluding hydrogens is 247 g/mol. The molecule has 0 heterocycles. The molecule has 1 rings (SSSR count). The van der Waals surface area contributed by atoms with Crippen molar-refractivity contribution in [2.45, 2.75) is 33.4 Å². The van der Waals surface area contributed by atoms with Gasteiger partial charge in [-0.3, -0.25) is 4.79 Å². The van der Waals surface area contributed by atoms with Crippen molar-refractivity contribution < 1.29 is 13.9 Å². The SMILES string of the molecule is CCNCc1cccc(F)c1OC(C)C(=O)NCC. The van der Waals surface area contributed by atoms with Gasteiger partial charge in [-0.1, -0.05) is 19.1 Å². The van der Waals surface area contributed by atoms with Crippen molar-refractivity contribution in [2.24, 2.45) is 0 Å². The molecule has 106 valence electrons. The van der Waals surface area contributed by atoms with Gasteiger partial charge in [0.05, 0.1) is 0 Å². The molecule has 0 aliphatic carbocycles. The second-order valence-corrected chi connectivity index (χ2v) is 4.16. The van der Waals surface area contributed by atoms with Gasteiger partial charge >= 0.3 is 0 Å². The Morgan fingerprint density at radius 2 is 2.11 bits per heavy atom. The van der Waals surface area contributed by atoms with Crippen LogP contribution in [0.1, 0.15) is 26.3 Å². The molecule has 4 nitrogen and oxygen atoms in total. The lowest BCUT2D eigenvalue weighted by molar-refractivity contribution is -0.127. The third-order valence-corrected chi connectivity index (χ3v) is 2.63. The number of benzene rings is 1. The number of carbonyl (C=O) groups excluding carboxylic acids is 1. The Morgan fingerprint density at radius 1 is 1.37 bits per heavy atom. The molecule has 1 aromatic rings. The molecule has 19 heavy (non-hydrogen) atoms. The second kappa shape index (κ2) is 7.74. The average molecular weight is 268 g/mol. The Hall–Kier alpha value is -1.62. The average Bonchev–Trinajstić information content (AvgIpc) is 2.39. The highest BCUT2D eigenvalue weighted by molar-refractivity contribution is 5.80. The van der Waals surface area contributed by atoms with Gasteiger partial charge in [0.2, 0.25) is 0 Å². The van der Waals surface area contributed by atoms with Crippen LogP contribution in [0.2, 0.25) is 0 Å². The highest BCUT2D eigenvalue weighted by Gasteiger charge is 2.18. The number of hydrogen-bond acceptors (Lipinski definition) is 3. The Morgan fingerprint density at radius 3 is 2.74 bits per heavy atom. The summed E-state index contributed by atoms with van der Waals surface area (Å²) in [6.45, 7) is 7.21. The van der Waals surface area contributed by atoms with Gasteiger partial charge in [0.15, 0.2) is 17.7 Å². The predicted molar refractivity (Wildman–Crippen MR) is 72.6 cm³/mol. The molecule has 0 saturated heterocycles. The highest BCUT2D eigenvalue weighted by Crippen LogP contribution is 2.23. The number of halogens is 1. The van der Waals surface area contributed by atoms with E-state index >= 15 is 0 Å². The first-order valence-electron chi connectivity index (χ1n) is 6.52. The Bertz CT molecular complexity index is 424. The molecule has 2 N–H and O–H groups in total. The van der Waals surface area contributed by atoms with E-state index in [4.69, 9.17) is 4.74 Å². The summed E-state index contributed by atoms with van der Waals surface area (Å²) < 4.78 is 19.3. The molecule has 1 unspecified atom stereocenters. The lowest BCUT2D eigenvalue weighted by atomic mass is 10.2. The van der Waals surface area contributed by atoms with E-state index in [2.05, 4.69) is 10.6 Å². The number of carbonyl (C=O) groups is 1. The van der Waals surface area contributed by atoms with Gasteiger partial charge in [-0.25, -0.2) is 4.39 Å². The van der Waals surface area contributed by atoms with E-state index in [0.29, 0.717) is 18.7 Å². The fraction of sp³-hybridized carbons (Fsp3) is 0.500. The van der Waals surface area contributed by atoms with E-state index in [0.717, 1.165) is 6.54 Å². The van der Waals surface area contributed by atoms with Gasteiger partial charge in [0.25, 0.3) is 5.91 Å². The molecule has 0 spiro atoms. The quantitative estimate of drug-likeness (QED) is 0.793. The van der Waals surface area contributed by atoms with E-state index in [-0.39, 0.29) is 11.7 Å². The summed E-state index contributed by atoms with van der Waals surface area (Å²) in [5.74, 6) is -0.561. The zero-order valence-corrected chi connectivity index (χ0v) is 11.6. The molecule has 0 aliphatic heterocycles. The van der Waals surface area contributed by atoms with Crippen molar-refractivity contribution >= 4 is 5.91 Å². The van der Waals surface area contributed by atoms with Crippen molar-refractivity contribution in [3.05, 3.63) is 29.6 Å². The van der Waals surface area contributed by atoms with Gasteiger partial charge in [0.1, 0.15) is 0 Å². The van der Waals surface area contributed by atoms with Gasteiger partial charge in [-0.15, -0.1) is 0 Å². The molecule has 5 heteroatoms. The number of para-hydroxylation sites is 1. The fourth-order valence-electron chi connectivity index (χ4n) is 1.63. The van der Waals surface area contributed by atoms with Gasteiger partial charge < -0.3 is 15.4 Å². The molecule has 0 saturated carbocycles. The number of ether oxygens (including phenoxy) is 1. The summed E-state index contributed by atoms with van der Waals surface area (Å²) in [5, 5.41) is 5.76. The number of likely N-dealkylation sites (N-methyl/N-ethyl adjacent to an activating group) is 1. The Kier molecular flexibility index (Phi) is 6.29. The van der Waals surface area contributed by atoms with Gasteiger partial charge in [-0.05, 0) is 26.5 Å². The van der Waals surface area contributed by atoms with Crippen LogP contribution in [0.15, 0.2) is 18.2 Å². The third kappa shape index (κ3) is 4.52. The summed E-state index contributed by atoms with van der Waals surface area (Å²) in [5.41, 5.74) is 0.706. The molecule has 0 radical (unpaired) electrons. The first-order valence-corrected chi connectivity index (χ1v) is 6.52. The maximum absolute atomic E-state index is 13.8. The van der Waals surface area contributed by atoms with Crippen LogP contribution in [-0.2, 0) is 11.3 Å². The van der Waals surface area contributed by atoms with E-state index in [1.54, 1.807) is 19.1 Å². The molecule has 0 bridgehead atoms. The monoisotopic (exact) mass is 268 g/mol. The summed E-state index contributed by atoms with van der Waals surface area (Å²) in [7, 11) is 0. The van der Waals surface area contributed by atoms with Crippen LogP contribution in [0.4, 0.5) is 4.39 Å². The maximum Gasteiger partial charge on any atom is 0.260 e. The minimum atomic E-state index is -0.725. The van der Waals surface area contributed by atoms with Crippen molar-refractivity contribution in [1.82, 2.24) is 10.6 Å². The van der Waals surface area contributed by atoms with Crippen LogP contribution in [0, 0.1) is 5.82 Å². The van der Waals surface area contributed by atoms with Crippen LogP contribution < -0.4 is 15.4 Å². The molecular formula is C14H21FN2O2. The van der Waals surface area contributed by atoms with Crippen LogP contribution in [0.3, 0.4) is 0 Å². The Labute approximate surface area is 113 Å². The fourth-order valence-corrected chi connectivity index (χ4v) is 1.63. The summed E-state index contributed by atoms with van der Waals surface area (Å²) in [6.07, 6.45) is -0.725. The highest BCUT2D eigenvalue weighted by atomic mass is 19.1. The number of amides is 1. The first kappa shape index (κ1) is 15.4. The number of rotatable bonds is 7. The second-order valence-electron chi connectivity index (χ2n) is 4.16. The van der Waals surface area contributed by atoms with Crippen LogP contribution in [0.25, 0.3) is 0 Å². The van der Waals surface area contributed by atoms with E-state index in [1.807, 2.05) is 13.8 Å². The predicted octanol–water partition coefficient (Wildman–Crippen LogP) is 1.84. The van der Waals surface area contributed by atoms with Crippen molar-refractivity contribution in [3.63, 3.8) is 0 Å². The molecule has 1 aromatic carbocycles. The third-order valence-electron chi connectivity index (χ3n) is 2.63. The van der Waals surface area contributed by atoms with E-state index in [1.165, 1.54) is 6.07 Å². The summed E-state index contributed by atoms with van der Waals surface area (Å²) in [6, 6.07) is 4.74. The maximum atomic E-state index is 13.8. The van der Waals surface area contributed by atoms with Crippen LogP contribution in [-0.4, -0.2) is 25.1 Å². The largest absolute Gasteiger partial charge is 0.477 e. The van der Waals surface area contributed by atoms with E-state index in [9.17, 15) is 9.18 Å². The topological polar surface area (TPSA) is 50.4 Å². The van der Waals surface area contributed by atoms with Gasteiger partial charge in [-0.2, -0.15) is 0 Å². The molecule has 1 atom stereocenters. The summed E-state index contributed by atoms with van der Waals surface area (Å²) in [4.78, 5) is 11.6. The first-order chi connectivity index (χ1) is 9.10. The van der Waals surface area contributed by atoms with E-state index < -0.39 is 11.9 Å². The number of nitrogens with one attached hydrogen (secondary N) is 2. The molecule has 0 fully saturated rings. The minimum absolute atomic E-state index is 0.141. The zero-order valence-electron chi connectivity index (χ0n) is 11.6. The number of hydrogen-bond donors (Lipinski definition) is 2. The minimum Gasteiger partial charge on any atom is -0.477 e. The molecule has 0 aliphatic rings. The smallest absolute Gasteiger partial charge is 0.260 e. The van der Waals surface area contributed by atoms with Crippen molar-refractivity contribution in [3.8, 4) is 5.75 Å². The van der Waals surface area contributed by atoms with Crippen molar-refractivity contribution in [2.75, 3.05) is 13.1 Å². The molecule has 1 amide bonds. The van der Waals surface area contributed by atoms with Crippen molar-refractivity contribution in [1.29, 1.82) is 0 Å². The lowest BCUT2D eigenvalue weighted by Crippen LogP contribution is -2.36. The van der Waals surface area contributed by atoms with Crippen LogP contribution >= 0.6 is 0 Å². The Balaban J connectivity index is 2.83. The normalized spacial score (nSPS) is 12.0. The summed E-state index contributed by atoms with van der Waals surface area (Å²) >= 11 is 0. The van der Waals surface area contributed by atoms with Gasteiger partial charge in [0, 0.05) is 18.7 Å².